The first kappa shape index (κ1) is 58.3. The molecule has 2 unspecified atom stereocenters. The van der Waals surface area contributed by atoms with Crippen LogP contribution >= 0.6 is 0 Å². The van der Waals surface area contributed by atoms with E-state index >= 15 is 0 Å². The summed E-state index contributed by atoms with van der Waals surface area (Å²) in [7, 11) is -2.46. The van der Waals surface area contributed by atoms with Gasteiger partial charge in [-0.1, -0.05) is 43.5 Å². The Hall–Kier alpha value is -7.40. The molecule has 6 N–H and O–H groups in total. The van der Waals surface area contributed by atoms with E-state index in [2.05, 4.69) is 62.6 Å². The third kappa shape index (κ3) is 13.4. The molecule has 2 aliphatic heterocycles. The number of likely N-dealkylation sites (tertiary alicyclic amines) is 1. The van der Waals surface area contributed by atoms with E-state index in [1.807, 2.05) is 38.1 Å². The lowest BCUT2D eigenvalue weighted by atomic mass is 9.83. The Morgan fingerprint density at radius 1 is 0.889 bits per heavy atom. The number of piperazine rings is 1. The van der Waals surface area contributed by atoms with Gasteiger partial charge in [0.25, 0.3) is 11.8 Å². The van der Waals surface area contributed by atoms with Gasteiger partial charge >= 0.3 is 6.09 Å². The van der Waals surface area contributed by atoms with Crippen molar-refractivity contribution in [3.63, 3.8) is 0 Å². The van der Waals surface area contributed by atoms with Crippen LogP contribution in [0.3, 0.4) is 0 Å². The Kier molecular flexibility index (Phi) is 18.1. The van der Waals surface area contributed by atoms with E-state index in [4.69, 9.17) is 14.5 Å². The number of amides is 5. The zero-order valence-corrected chi connectivity index (χ0v) is 48.3. The summed E-state index contributed by atoms with van der Waals surface area (Å²) < 4.78 is 38.4. The Morgan fingerprint density at radius 3 is 2.36 bits per heavy atom. The Balaban J connectivity index is 0.816. The number of fused-ring (bicyclic) bond motifs is 2. The molecule has 434 valence electrons. The number of H-pyrrole nitrogens is 1. The number of carbonyl (C=O) groups excluding carboxylic acids is 5. The quantitative estimate of drug-likeness (QED) is 0.0551. The first-order valence-electron chi connectivity index (χ1n) is 28.4. The molecule has 5 heterocycles. The molecule has 3 aromatic heterocycles. The number of ether oxygens (including phenoxy) is 2. The summed E-state index contributed by atoms with van der Waals surface area (Å²) in [4.78, 5) is 88.6. The van der Waals surface area contributed by atoms with Crippen LogP contribution in [0.4, 0.5) is 22.2 Å². The van der Waals surface area contributed by atoms with Crippen molar-refractivity contribution in [1.29, 1.82) is 0 Å². The number of aromatic amines is 1. The molecule has 23 heteroatoms. The van der Waals surface area contributed by atoms with E-state index in [0.29, 0.717) is 60.5 Å². The van der Waals surface area contributed by atoms with Crippen molar-refractivity contribution in [1.82, 2.24) is 56.2 Å². The number of carbonyl (C=O) groups is 5. The van der Waals surface area contributed by atoms with Crippen molar-refractivity contribution < 1.29 is 41.9 Å². The molecule has 22 nitrogen and oxygen atoms in total. The molecule has 5 amide bonds. The Morgan fingerprint density at radius 2 is 1.65 bits per heavy atom. The number of alkyl carbamates (subject to hydrolysis) is 1. The van der Waals surface area contributed by atoms with Crippen molar-refractivity contribution in [2.75, 3.05) is 63.1 Å². The van der Waals surface area contributed by atoms with E-state index in [0.717, 1.165) is 80.8 Å². The highest BCUT2D eigenvalue weighted by molar-refractivity contribution is 7.92. The standard InChI is InChI=1S/C58H77N13O9S/c1-35-36(2)67-68-51(35)66-52-43-30-48(81(77,78)58(4,5)6)47(31-45(43)61-34-62-52)79-28-14-23-69-24-26-70(27-25-69)49-22-21-40(32-60-49)54(73)63-41-29-46(55(74)64-44-20-13-18-38-15-11-12-19-42(38)44)71(33-41)56(75)50(39-16-9-8-10-17-39)65-53(72)37(3)80-57(76)59-7/h11-12,15,19,21-22,30-32,34,37,39,41,44,46,50H,8-10,13-14,16-18,20,23-29,33H2,1-7H3,(H,59,76)(H,63,73)(H,64,74)(H,65,72)(H2,61,62,66,67,68)/t37?,41-,44+,46-,50?/m0/s1. The highest BCUT2D eigenvalue weighted by Crippen LogP contribution is 2.38. The number of aromatic nitrogens is 5. The number of rotatable bonds is 18. The van der Waals surface area contributed by atoms with Crippen LogP contribution in [0.15, 0.2) is 66.0 Å². The van der Waals surface area contributed by atoms with Gasteiger partial charge in [-0.3, -0.25) is 29.2 Å². The first-order chi connectivity index (χ1) is 38.8. The lowest BCUT2D eigenvalue weighted by molar-refractivity contribution is -0.144. The average Bonchev–Trinajstić information content (AvgIpc) is 4.08. The van der Waals surface area contributed by atoms with Crippen molar-refractivity contribution in [3.05, 3.63) is 89.0 Å². The second-order valence-corrected chi connectivity index (χ2v) is 25.5. The van der Waals surface area contributed by atoms with Gasteiger partial charge in [0.05, 0.1) is 28.5 Å². The van der Waals surface area contributed by atoms with E-state index < -0.39 is 62.6 Å². The fourth-order valence-corrected chi connectivity index (χ4v) is 12.7. The van der Waals surface area contributed by atoms with Crippen LogP contribution in [0, 0.1) is 19.8 Å². The van der Waals surface area contributed by atoms with Crippen molar-refractivity contribution in [2.45, 2.75) is 146 Å². The maximum Gasteiger partial charge on any atom is 0.407 e. The molecular weight excluding hydrogens is 1050 g/mol. The van der Waals surface area contributed by atoms with E-state index in [-0.39, 0.29) is 48.1 Å². The molecule has 5 atom stereocenters. The summed E-state index contributed by atoms with van der Waals surface area (Å²) in [6.45, 7) is 14.2. The van der Waals surface area contributed by atoms with Gasteiger partial charge in [-0.2, -0.15) is 5.10 Å². The molecule has 2 aliphatic carbocycles. The molecule has 2 aromatic carbocycles. The predicted molar refractivity (Wildman–Crippen MR) is 306 cm³/mol. The Labute approximate surface area is 473 Å². The molecular formula is C58H77N13O9S. The van der Waals surface area contributed by atoms with Crippen LogP contribution < -0.4 is 36.2 Å². The number of sulfone groups is 1. The largest absolute Gasteiger partial charge is 0.492 e. The second-order valence-electron chi connectivity index (χ2n) is 22.8. The summed E-state index contributed by atoms with van der Waals surface area (Å²) >= 11 is 0. The Bertz CT molecular complexity index is 3210. The zero-order chi connectivity index (χ0) is 57.6. The fourth-order valence-electron chi connectivity index (χ4n) is 11.4. The molecule has 0 radical (unpaired) electrons. The van der Waals surface area contributed by atoms with Gasteiger partial charge in [-0.25, -0.2) is 28.2 Å². The smallest absolute Gasteiger partial charge is 0.407 e. The molecule has 0 bridgehead atoms. The van der Waals surface area contributed by atoms with Crippen molar-refractivity contribution in [2.24, 2.45) is 5.92 Å². The number of aryl methyl sites for hydroxylation is 2. The number of pyridine rings is 1. The number of hydrogen-bond donors (Lipinski definition) is 6. The monoisotopic (exact) mass is 1130 g/mol. The van der Waals surface area contributed by atoms with Gasteiger partial charge in [0.15, 0.2) is 21.8 Å². The molecule has 0 spiro atoms. The summed E-state index contributed by atoms with van der Waals surface area (Å²) in [6.07, 6.45) is 8.55. The molecule has 5 aromatic rings. The van der Waals surface area contributed by atoms with Crippen LogP contribution in [0.25, 0.3) is 10.9 Å². The molecule has 3 fully saturated rings. The third-order valence-corrected chi connectivity index (χ3v) is 18.8. The normalized spacial score (nSPS) is 19.7. The minimum atomic E-state index is -3.85. The molecule has 9 rings (SSSR count). The molecule has 81 heavy (non-hydrogen) atoms. The van der Waals surface area contributed by atoms with Gasteiger partial charge in [-0.05, 0) is 122 Å². The fraction of sp³-hybridized carbons (Fsp3) is 0.534. The van der Waals surface area contributed by atoms with Gasteiger partial charge in [0, 0.05) is 81.3 Å². The average molecular weight is 1130 g/mol. The number of hydrogen-bond acceptors (Lipinski definition) is 16. The van der Waals surface area contributed by atoms with E-state index in [1.165, 1.54) is 30.8 Å². The second kappa shape index (κ2) is 25.2. The maximum absolute atomic E-state index is 14.9. The third-order valence-electron chi connectivity index (χ3n) is 16.3. The van der Waals surface area contributed by atoms with Crippen LogP contribution in [-0.4, -0.2) is 155 Å². The zero-order valence-electron chi connectivity index (χ0n) is 47.5. The predicted octanol–water partition coefficient (Wildman–Crippen LogP) is 5.97. The van der Waals surface area contributed by atoms with E-state index in [9.17, 15) is 32.4 Å². The number of benzene rings is 2. The van der Waals surface area contributed by atoms with Crippen molar-refractivity contribution >= 4 is 67.9 Å². The van der Waals surface area contributed by atoms with Crippen LogP contribution in [0.1, 0.15) is 124 Å². The van der Waals surface area contributed by atoms with Crippen LogP contribution in [0.5, 0.6) is 5.75 Å². The van der Waals surface area contributed by atoms with Gasteiger partial charge < -0.3 is 45.9 Å². The van der Waals surface area contributed by atoms with Crippen molar-refractivity contribution in [3.8, 4) is 5.75 Å². The minimum Gasteiger partial charge on any atom is -0.492 e. The topological polar surface area (TPSA) is 275 Å². The van der Waals surface area contributed by atoms with Gasteiger partial charge in [0.1, 0.15) is 40.7 Å². The maximum atomic E-state index is 14.9. The molecule has 4 aliphatic rings. The lowest BCUT2D eigenvalue weighted by Crippen LogP contribution is -2.58. The summed E-state index contributed by atoms with van der Waals surface area (Å²) in [5.74, 6) is 0.0173. The van der Waals surface area contributed by atoms with Gasteiger partial charge in [0.2, 0.25) is 11.8 Å². The summed E-state index contributed by atoms with van der Waals surface area (Å²) in [6, 6.07) is 12.1. The van der Waals surface area contributed by atoms with E-state index in [1.54, 1.807) is 45.2 Å². The lowest BCUT2D eigenvalue weighted by Gasteiger charge is -2.35. The number of nitrogens with one attached hydrogen (secondary N) is 6. The highest BCUT2D eigenvalue weighted by atomic mass is 32.2. The minimum absolute atomic E-state index is 0.0419. The van der Waals surface area contributed by atoms with Crippen LogP contribution in [-0.2, 0) is 35.4 Å². The molecule has 1 saturated carbocycles. The number of anilines is 3. The highest BCUT2D eigenvalue weighted by Gasteiger charge is 2.46. The summed E-state index contributed by atoms with van der Waals surface area (Å²) in [5.41, 5.74) is 4.90. The molecule has 2 saturated heterocycles. The first-order valence-corrected chi connectivity index (χ1v) is 29.8. The summed E-state index contributed by atoms with van der Waals surface area (Å²) in [5, 5.41) is 22.6. The van der Waals surface area contributed by atoms with Gasteiger partial charge in [-0.15, -0.1) is 0 Å². The number of nitrogens with zero attached hydrogens (tertiary/aromatic N) is 7. The SMILES string of the molecule is CNC(=O)OC(C)C(=O)NC(C(=O)N1C[C@@H](NC(=O)c2ccc(N3CCN(CCCOc4cc5ncnc(Nc6n[nH]c(C)c6C)c5cc4S(=O)(=O)C(C)(C)C)CC3)nc2)C[C@H]1C(=O)N[C@@H]1CCCc2ccccc21)C1CCCCC1. The van der Waals surface area contributed by atoms with Crippen LogP contribution in [0.2, 0.25) is 0 Å².